The molecule has 2 aromatic rings. The molecule has 6 N–H and O–H groups in total. The minimum Gasteiger partial charge on any atom is -0.478 e. The molecule has 2 rings (SSSR count). The predicted octanol–water partition coefficient (Wildman–Crippen LogP) is 5.15. The van der Waals surface area contributed by atoms with Gasteiger partial charge in [-0.15, -0.1) is 0 Å². The van der Waals surface area contributed by atoms with Gasteiger partial charge in [0.25, 0.3) is 5.91 Å². The first-order valence-corrected chi connectivity index (χ1v) is 14.9. The number of amides is 3. The summed E-state index contributed by atoms with van der Waals surface area (Å²) in [6.07, 6.45) is 5.82. The summed E-state index contributed by atoms with van der Waals surface area (Å²) in [5.41, 5.74) is 4.88. The third kappa shape index (κ3) is 20.2. The Morgan fingerprint density at radius 3 is 1.49 bits per heavy atom. The van der Waals surface area contributed by atoms with Gasteiger partial charge in [0.2, 0.25) is 0 Å². The van der Waals surface area contributed by atoms with Crippen molar-refractivity contribution in [2.75, 3.05) is 26.2 Å². The number of aromatic nitrogens is 2. The maximum absolute atomic E-state index is 13.0. The number of hydrogen-bond donors (Lipinski definition) is 5. The Labute approximate surface area is 275 Å². The van der Waals surface area contributed by atoms with Crippen molar-refractivity contribution in [2.45, 2.75) is 79.7 Å². The highest BCUT2D eigenvalue weighted by Crippen LogP contribution is 2.10. The summed E-state index contributed by atoms with van der Waals surface area (Å²) in [6, 6.07) is 3.07. The summed E-state index contributed by atoms with van der Waals surface area (Å²) >= 11 is 0. The molecule has 0 spiro atoms. The van der Waals surface area contributed by atoms with E-state index in [1.165, 1.54) is 23.0 Å². The highest BCUT2D eigenvalue weighted by Gasteiger charge is 2.17. The first kappa shape index (κ1) is 42.3. The molecular weight excluding hydrogens is 618 g/mol. The van der Waals surface area contributed by atoms with E-state index in [2.05, 4.69) is 16.0 Å². The van der Waals surface area contributed by atoms with Crippen LogP contribution < -0.4 is 21.7 Å². The van der Waals surface area contributed by atoms with Gasteiger partial charge in [-0.3, -0.25) is 4.79 Å². The zero-order chi connectivity index (χ0) is 36.2. The Bertz CT molecular complexity index is 1340. The fourth-order valence-electron chi connectivity index (χ4n) is 3.33. The Hall–Kier alpha value is -4.66. The summed E-state index contributed by atoms with van der Waals surface area (Å²) in [4.78, 5) is 45.4. The monoisotopic (exact) mass is 668 g/mol. The van der Waals surface area contributed by atoms with Gasteiger partial charge in [0, 0.05) is 57.5 Å². The second kappa shape index (κ2) is 21.2. The second-order valence-corrected chi connectivity index (χ2v) is 12.0. The molecule has 0 bridgehead atoms. The number of carbonyl (C=O) groups is 4. The number of nitrogens with two attached hydrogens (primary N) is 1. The van der Waals surface area contributed by atoms with Crippen LogP contribution in [0, 0.1) is 0 Å². The minimum absolute atomic E-state index is 0.0218. The van der Waals surface area contributed by atoms with Crippen LogP contribution in [0.5, 0.6) is 0 Å². The summed E-state index contributed by atoms with van der Waals surface area (Å²) in [5.74, 6) is -1.23. The third-order valence-electron chi connectivity index (χ3n) is 5.14. The number of nitrogens with zero attached hydrogens (tertiary/aromatic N) is 2. The molecule has 0 fully saturated rings. The molecule has 47 heavy (non-hydrogen) atoms. The lowest BCUT2D eigenvalue weighted by Crippen LogP contribution is -2.33. The molecule has 13 nitrogen and oxygen atoms in total. The van der Waals surface area contributed by atoms with Crippen molar-refractivity contribution in [1.29, 1.82) is 0 Å². The molecule has 0 saturated carbocycles. The number of carboxylic acid groups (broad SMARTS) is 1. The molecule has 0 aliphatic heterocycles. The van der Waals surface area contributed by atoms with E-state index in [0.717, 1.165) is 6.54 Å². The van der Waals surface area contributed by atoms with Crippen LogP contribution in [0.25, 0.3) is 0 Å². The van der Waals surface area contributed by atoms with E-state index in [-0.39, 0.29) is 43.2 Å². The molecule has 3 amide bonds. The number of alkyl carbamates (subject to hydrolysis) is 2. The zero-order valence-corrected chi connectivity index (χ0v) is 28.5. The summed E-state index contributed by atoms with van der Waals surface area (Å²) in [5, 5.41) is 16.4. The topological polar surface area (TPSA) is 179 Å². The highest BCUT2D eigenvalue weighted by atomic mass is 19.1. The number of carbonyl (C=O) groups excluding carboxylic acids is 3. The van der Waals surface area contributed by atoms with Crippen LogP contribution in [0.3, 0.4) is 0 Å². The van der Waals surface area contributed by atoms with E-state index in [9.17, 15) is 28.0 Å². The quantitative estimate of drug-likeness (QED) is 0.218. The fourth-order valence-corrected chi connectivity index (χ4v) is 3.33. The molecule has 0 aliphatic carbocycles. The van der Waals surface area contributed by atoms with Crippen molar-refractivity contribution < 1.29 is 42.5 Å². The SMILES string of the molecule is CC(C)(C)OC(=O)NC/C(=C\F)Cn1ccc(C(=O)O)c1.CCN.CCNC(=O)c1ccn(C/C(=C/F)CNC(=O)OC(C)(C)C)c1. The van der Waals surface area contributed by atoms with E-state index in [4.69, 9.17) is 20.3 Å². The van der Waals surface area contributed by atoms with E-state index in [1.54, 1.807) is 64.6 Å². The van der Waals surface area contributed by atoms with Gasteiger partial charge in [-0.25, -0.2) is 23.2 Å². The Morgan fingerprint density at radius 2 is 1.17 bits per heavy atom. The maximum atomic E-state index is 13.0. The van der Waals surface area contributed by atoms with Gasteiger partial charge in [0.15, 0.2) is 0 Å². The summed E-state index contributed by atoms with van der Waals surface area (Å²) < 4.78 is 39.1. The van der Waals surface area contributed by atoms with Crippen LogP contribution in [0.2, 0.25) is 0 Å². The number of ether oxygens (including phenoxy) is 2. The number of aromatic carboxylic acids is 1. The summed E-state index contributed by atoms with van der Waals surface area (Å²) in [6.45, 7) is 15.8. The zero-order valence-electron chi connectivity index (χ0n) is 28.5. The number of carboxylic acids is 1. The number of halogens is 2. The first-order valence-electron chi connectivity index (χ1n) is 14.9. The van der Waals surface area contributed by atoms with Crippen LogP contribution in [0.15, 0.2) is 60.7 Å². The molecule has 0 saturated heterocycles. The summed E-state index contributed by atoms with van der Waals surface area (Å²) in [7, 11) is 0. The van der Waals surface area contributed by atoms with Gasteiger partial charge in [0.05, 0.1) is 23.8 Å². The average molecular weight is 669 g/mol. The normalized spacial score (nSPS) is 11.6. The Kier molecular flexibility index (Phi) is 19.1. The largest absolute Gasteiger partial charge is 0.478 e. The minimum atomic E-state index is -1.05. The van der Waals surface area contributed by atoms with Crippen LogP contribution in [0.1, 0.15) is 76.1 Å². The Morgan fingerprint density at radius 1 is 0.787 bits per heavy atom. The molecule has 2 aromatic heterocycles. The van der Waals surface area contributed by atoms with Gasteiger partial charge in [0.1, 0.15) is 11.2 Å². The highest BCUT2D eigenvalue weighted by molar-refractivity contribution is 5.94. The van der Waals surface area contributed by atoms with E-state index < -0.39 is 29.4 Å². The molecule has 0 unspecified atom stereocenters. The molecule has 15 heteroatoms. The molecule has 0 aliphatic rings. The van der Waals surface area contributed by atoms with Crippen molar-refractivity contribution in [3.8, 4) is 0 Å². The van der Waals surface area contributed by atoms with E-state index >= 15 is 0 Å². The van der Waals surface area contributed by atoms with Gasteiger partial charge < -0.3 is 45.4 Å². The van der Waals surface area contributed by atoms with Crippen LogP contribution in [0.4, 0.5) is 18.4 Å². The van der Waals surface area contributed by atoms with Gasteiger partial charge >= 0.3 is 18.2 Å². The molecule has 0 aromatic carbocycles. The lowest BCUT2D eigenvalue weighted by molar-refractivity contribution is 0.0520. The Balaban J connectivity index is 0.000000833. The lowest BCUT2D eigenvalue weighted by atomic mass is 10.2. The first-order chi connectivity index (χ1) is 21.9. The average Bonchev–Trinajstić information content (AvgIpc) is 3.62. The smallest absolute Gasteiger partial charge is 0.407 e. The predicted molar refractivity (Wildman–Crippen MR) is 175 cm³/mol. The number of nitrogens with one attached hydrogen (secondary N) is 3. The second-order valence-electron chi connectivity index (χ2n) is 12.0. The van der Waals surface area contributed by atoms with Crippen LogP contribution in [-0.4, -0.2) is 75.7 Å². The van der Waals surface area contributed by atoms with Crippen molar-refractivity contribution in [3.63, 3.8) is 0 Å². The molecule has 2 heterocycles. The maximum Gasteiger partial charge on any atom is 0.407 e. The third-order valence-corrected chi connectivity index (χ3v) is 5.14. The van der Waals surface area contributed by atoms with Gasteiger partial charge in [-0.1, -0.05) is 6.92 Å². The number of hydrogen-bond acceptors (Lipinski definition) is 7. The lowest BCUT2D eigenvalue weighted by Gasteiger charge is -2.20. The molecule has 264 valence electrons. The van der Waals surface area contributed by atoms with Crippen molar-refractivity contribution in [2.24, 2.45) is 5.73 Å². The van der Waals surface area contributed by atoms with Gasteiger partial charge in [-0.2, -0.15) is 0 Å². The molecule has 0 radical (unpaired) electrons. The molecular formula is C32H50F2N6O7. The standard InChI is InChI=1S/C16H24FN3O3.C14H19FN2O4.C2H7N/c1-5-18-14(21)13-6-7-20(11-13)10-12(8-17)9-19-15(22)23-16(2,3)4;1-14(2,3)21-13(20)16-7-10(6-15)8-17-5-4-11(9-17)12(18)19;1-2-3/h6-8,11H,5,9-10H2,1-4H3,(H,18,21)(H,19,22);4-6,9H,7-8H2,1-3H3,(H,16,20)(H,18,19);2-3H2,1H3/b12-8+;10-6+;. The number of rotatable bonds is 11. The van der Waals surface area contributed by atoms with Crippen LogP contribution >= 0.6 is 0 Å². The van der Waals surface area contributed by atoms with Crippen LogP contribution in [-0.2, 0) is 22.6 Å². The van der Waals surface area contributed by atoms with Crippen molar-refractivity contribution in [1.82, 2.24) is 25.1 Å². The fraction of sp³-hybridized carbons (Fsp3) is 0.500. The van der Waals surface area contributed by atoms with Crippen molar-refractivity contribution in [3.05, 3.63) is 71.9 Å². The van der Waals surface area contributed by atoms with Crippen molar-refractivity contribution >= 4 is 24.1 Å². The van der Waals surface area contributed by atoms with E-state index in [1.807, 2.05) is 13.8 Å². The molecule has 0 atom stereocenters. The van der Waals surface area contributed by atoms with Gasteiger partial charge in [-0.05, 0) is 78.3 Å². The van der Waals surface area contributed by atoms with E-state index in [0.29, 0.717) is 30.3 Å².